The van der Waals surface area contributed by atoms with Crippen LogP contribution in [0.5, 0.6) is 0 Å². The molecule has 1 amide bonds. The Bertz CT molecular complexity index is 382. The Morgan fingerprint density at radius 3 is 2.81 bits per heavy atom. The van der Waals surface area contributed by atoms with Gasteiger partial charge >= 0.3 is 0 Å². The van der Waals surface area contributed by atoms with Crippen LogP contribution in [0.4, 0.5) is 10.1 Å². The van der Waals surface area contributed by atoms with Gasteiger partial charge in [-0.2, -0.15) is 0 Å². The Hall–Kier alpha value is -1.23. The smallest absolute Gasteiger partial charge is 0.230 e. The van der Waals surface area contributed by atoms with E-state index in [0.29, 0.717) is 5.69 Å². The van der Waals surface area contributed by atoms with Gasteiger partial charge in [-0.05, 0) is 32.0 Å². The molecular weight excluding hydrogens is 227 g/mol. The van der Waals surface area contributed by atoms with Gasteiger partial charge in [-0.3, -0.25) is 4.79 Å². The van der Waals surface area contributed by atoms with E-state index < -0.39 is 0 Å². The number of hydrogen-bond acceptors (Lipinski definition) is 3. The molecule has 0 aliphatic rings. The molecule has 0 aromatic heterocycles. The zero-order chi connectivity index (χ0) is 12.1. The summed E-state index contributed by atoms with van der Waals surface area (Å²) in [5.41, 5.74) is 5.98. The van der Waals surface area contributed by atoms with E-state index in [1.54, 1.807) is 6.07 Å². The first-order chi connectivity index (χ1) is 7.49. The summed E-state index contributed by atoms with van der Waals surface area (Å²) in [6, 6.07) is 4.29. The van der Waals surface area contributed by atoms with E-state index in [9.17, 15) is 9.18 Å². The van der Waals surface area contributed by atoms with Crippen LogP contribution in [-0.4, -0.2) is 17.7 Å². The second kappa shape index (κ2) is 5.75. The Kier molecular flexibility index (Phi) is 4.61. The number of nitrogens with two attached hydrogens (primary N) is 1. The van der Waals surface area contributed by atoms with Gasteiger partial charge in [0.1, 0.15) is 5.82 Å². The van der Waals surface area contributed by atoms with Crippen LogP contribution < -0.4 is 11.1 Å². The number of rotatable bonds is 4. The molecule has 0 heterocycles. The number of benzene rings is 1. The van der Waals surface area contributed by atoms with Crippen LogP contribution in [0.2, 0.25) is 0 Å². The third-order valence-corrected chi connectivity index (χ3v) is 2.87. The zero-order valence-corrected chi connectivity index (χ0v) is 10.1. The van der Waals surface area contributed by atoms with Crippen LogP contribution in [0, 0.1) is 5.82 Å². The standard InChI is InChI=1S/C11H15FN2OS/c1-7(2)14-11(15)6-16-10-4-3-8(12)5-9(10)13/h3-5,7H,6,13H2,1-2H3,(H,14,15). The average molecular weight is 242 g/mol. The first-order valence-corrected chi connectivity index (χ1v) is 5.95. The summed E-state index contributed by atoms with van der Waals surface area (Å²) < 4.78 is 12.7. The summed E-state index contributed by atoms with van der Waals surface area (Å²) in [7, 11) is 0. The second-order valence-electron chi connectivity index (χ2n) is 3.69. The van der Waals surface area contributed by atoms with Crippen LogP contribution in [0.15, 0.2) is 23.1 Å². The van der Waals surface area contributed by atoms with Gasteiger partial charge in [0, 0.05) is 16.6 Å². The van der Waals surface area contributed by atoms with Crippen LogP contribution in [0.25, 0.3) is 0 Å². The van der Waals surface area contributed by atoms with E-state index in [-0.39, 0.29) is 23.5 Å². The predicted molar refractivity (Wildman–Crippen MR) is 64.8 cm³/mol. The minimum atomic E-state index is -0.367. The number of thioether (sulfide) groups is 1. The molecule has 0 bridgehead atoms. The fourth-order valence-electron chi connectivity index (χ4n) is 1.16. The topological polar surface area (TPSA) is 55.1 Å². The number of nitrogens with one attached hydrogen (secondary N) is 1. The van der Waals surface area contributed by atoms with Crippen molar-refractivity contribution in [2.75, 3.05) is 11.5 Å². The number of anilines is 1. The van der Waals surface area contributed by atoms with Crippen molar-refractivity contribution in [1.82, 2.24) is 5.32 Å². The lowest BCUT2D eigenvalue weighted by molar-refractivity contribution is -0.119. The number of carbonyl (C=O) groups is 1. The van der Waals surface area contributed by atoms with Gasteiger partial charge < -0.3 is 11.1 Å². The highest BCUT2D eigenvalue weighted by molar-refractivity contribution is 8.00. The van der Waals surface area contributed by atoms with Crippen LogP contribution >= 0.6 is 11.8 Å². The van der Waals surface area contributed by atoms with E-state index in [4.69, 9.17) is 5.73 Å². The van der Waals surface area contributed by atoms with Crippen molar-refractivity contribution < 1.29 is 9.18 Å². The number of amides is 1. The largest absolute Gasteiger partial charge is 0.398 e. The molecule has 0 atom stereocenters. The number of hydrogen-bond donors (Lipinski definition) is 2. The van der Waals surface area contributed by atoms with Crippen molar-refractivity contribution in [1.29, 1.82) is 0 Å². The van der Waals surface area contributed by atoms with Crippen molar-refractivity contribution in [3.8, 4) is 0 Å². The Morgan fingerprint density at radius 1 is 1.56 bits per heavy atom. The van der Waals surface area contributed by atoms with Gasteiger partial charge in [-0.25, -0.2) is 4.39 Å². The van der Waals surface area contributed by atoms with Gasteiger partial charge in [-0.1, -0.05) is 0 Å². The number of halogens is 1. The summed E-state index contributed by atoms with van der Waals surface area (Å²) in [5, 5.41) is 2.77. The summed E-state index contributed by atoms with van der Waals surface area (Å²) >= 11 is 1.30. The summed E-state index contributed by atoms with van der Waals surface area (Å²) in [6.45, 7) is 3.80. The van der Waals surface area contributed by atoms with Crippen molar-refractivity contribution >= 4 is 23.4 Å². The third kappa shape index (κ3) is 4.10. The van der Waals surface area contributed by atoms with Crippen LogP contribution in [0.1, 0.15) is 13.8 Å². The number of nitrogen functional groups attached to an aromatic ring is 1. The maximum absolute atomic E-state index is 12.7. The monoisotopic (exact) mass is 242 g/mol. The fraction of sp³-hybridized carbons (Fsp3) is 0.364. The Labute approximate surface area is 98.6 Å². The van der Waals surface area contributed by atoms with E-state index >= 15 is 0 Å². The molecule has 3 N–H and O–H groups in total. The first kappa shape index (κ1) is 12.8. The maximum atomic E-state index is 12.7. The number of carbonyl (C=O) groups excluding carboxylic acids is 1. The van der Waals surface area contributed by atoms with Crippen LogP contribution in [-0.2, 0) is 4.79 Å². The van der Waals surface area contributed by atoms with Crippen LogP contribution in [0.3, 0.4) is 0 Å². The minimum Gasteiger partial charge on any atom is -0.398 e. The highest BCUT2D eigenvalue weighted by atomic mass is 32.2. The van der Waals surface area contributed by atoms with Gasteiger partial charge in [-0.15, -0.1) is 11.8 Å². The lowest BCUT2D eigenvalue weighted by atomic mass is 10.3. The summed E-state index contributed by atoms with van der Waals surface area (Å²) in [6.07, 6.45) is 0. The highest BCUT2D eigenvalue weighted by Crippen LogP contribution is 2.25. The molecule has 0 saturated carbocycles. The molecule has 1 aromatic carbocycles. The molecule has 0 fully saturated rings. The second-order valence-corrected chi connectivity index (χ2v) is 4.71. The molecule has 0 spiro atoms. The van der Waals surface area contributed by atoms with Crippen molar-refractivity contribution in [2.24, 2.45) is 0 Å². The van der Waals surface area contributed by atoms with Crippen molar-refractivity contribution in [2.45, 2.75) is 24.8 Å². The molecule has 0 aliphatic heterocycles. The summed E-state index contributed by atoms with van der Waals surface area (Å²) in [5.74, 6) is -0.134. The minimum absolute atomic E-state index is 0.0521. The fourth-order valence-corrected chi connectivity index (χ4v) is 1.92. The molecule has 1 aromatic rings. The SMILES string of the molecule is CC(C)NC(=O)CSc1ccc(F)cc1N. The molecule has 3 nitrogen and oxygen atoms in total. The molecule has 0 aliphatic carbocycles. The average Bonchev–Trinajstić information content (AvgIpc) is 2.15. The molecule has 0 saturated heterocycles. The predicted octanol–water partition coefficient (Wildman–Crippen LogP) is 2.02. The van der Waals surface area contributed by atoms with E-state index in [1.165, 1.54) is 23.9 Å². The van der Waals surface area contributed by atoms with Crippen molar-refractivity contribution in [3.63, 3.8) is 0 Å². The molecule has 0 radical (unpaired) electrons. The Morgan fingerprint density at radius 2 is 2.25 bits per heavy atom. The first-order valence-electron chi connectivity index (χ1n) is 4.96. The molecular formula is C11H15FN2OS. The van der Waals surface area contributed by atoms with Gasteiger partial charge in [0.2, 0.25) is 5.91 Å². The lowest BCUT2D eigenvalue weighted by Crippen LogP contribution is -2.31. The molecule has 16 heavy (non-hydrogen) atoms. The maximum Gasteiger partial charge on any atom is 0.230 e. The van der Waals surface area contributed by atoms with E-state index in [1.807, 2.05) is 13.8 Å². The van der Waals surface area contributed by atoms with Crippen molar-refractivity contribution in [3.05, 3.63) is 24.0 Å². The third-order valence-electron chi connectivity index (χ3n) is 1.78. The quantitative estimate of drug-likeness (QED) is 0.627. The molecule has 88 valence electrons. The van der Waals surface area contributed by atoms with E-state index in [2.05, 4.69) is 5.32 Å². The summed E-state index contributed by atoms with van der Waals surface area (Å²) in [4.78, 5) is 12.1. The Balaban J connectivity index is 2.51. The van der Waals surface area contributed by atoms with E-state index in [0.717, 1.165) is 4.90 Å². The van der Waals surface area contributed by atoms with Gasteiger partial charge in [0.25, 0.3) is 0 Å². The van der Waals surface area contributed by atoms with Gasteiger partial charge in [0.05, 0.1) is 5.75 Å². The van der Waals surface area contributed by atoms with Gasteiger partial charge in [0.15, 0.2) is 0 Å². The normalized spacial score (nSPS) is 10.5. The molecule has 0 unspecified atom stereocenters. The molecule has 1 rings (SSSR count). The highest BCUT2D eigenvalue weighted by Gasteiger charge is 2.06. The molecule has 5 heteroatoms. The lowest BCUT2D eigenvalue weighted by Gasteiger charge is -2.08. The zero-order valence-electron chi connectivity index (χ0n) is 9.29.